The van der Waals surface area contributed by atoms with Gasteiger partial charge in [-0.3, -0.25) is 4.79 Å². The van der Waals surface area contributed by atoms with Gasteiger partial charge in [-0.25, -0.2) is 0 Å². The Bertz CT molecular complexity index is 227. The Morgan fingerprint density at radius 3 is 2.33 bits per heavy atom. The average Bonchev–Trinajstić information content (AvgIpc) is 2.83. The second kappa shape index (κ2) is 4.49. The zero-order valence-corrected chi connectivity index (χ0v) is 9.16. The molecular weight excluding hydrogens is 196 g/mol. The molecule has 0 aromatic carbocycles. The lowest BCUT2D eigenvalue weighted by Crippen LogP contribution is -2.45. The van der Waals surface area contributed by atoms with Crippen LogP contribution >= 0.6 is 0 Å². The first-order chi connectivity index (χ1) is 7.29. The molecule has 1 heterocycles. The molecule has 0 bridgehead atoms. The Hall–Kier alpha value is -0.610. The molecule has 2 fully saturated rings. The number of methoxy groups -OCH3 is 1. The molecular formula is C11H18O4. The van der Waals surface area contributed by atoms with Crippen LogP contribution in [0.1, 0.15) is 32.1 Å². The molecule has 0 radical (unpaired) electrons. The number of esters is 1. The molecule has 0 amide bonds. The van der Waals surface area contributed by atoms with E-state index >= 15 is 0 Å². The lowest BCUT2D eigenvalue weighted by atomic mass is 9.73. The maximum Gasteiger partial charge on any atom is 0.316 e. The van der Waals surface area contributed by atoms with E-state index in [1.165, 1.54) is 13.5 Å². The summed E-state index contributed by atoms with van der Waals surface area (Å²) in [6.45, 7) is 1.17. The number of carbonyl (C=O) groups is 1. The van der Waals surface area contributed by atoms with Crippen molar-refractivity contribution in [3.05, 3.63) is 0 Å². The summed E-state index contributed by atoms with van der Waals surface area (Å²) in [5, 5.41) is 0. The van der Waals surface area contributed by atoms with E-state index < -0.39 is 5.41 Å². The summed E-state index contributed by atoms with van der Waals surface area (Å²) in [4.78, 5) is 11.9. The lowest BCUT2D eigenvalue weighted by molar-refractivity contribution is -0.189. The fourth-order valence-electron chi connectivity index (χ4n) is 2.60. The standard InChI is InChI=1S/C11H18O4/c1-13-9(12)11(5-3-2-4-6-11)10-14-7-8-15-10/h10H,2-8H2,1H3. The lowest BCUT2D eigenvalue weighted by Gasteiger charge is -2.37. The van der Waals surface area contributed by atoms with Crippen LogP contribution < -0.4 is 0 Å². The predicted molar refractivity (Wildman–Crippen MR) is 53.2 cm³/mol. The predicted octanol–water partition coefficient (Wildman–Crippen LogP) is 1.48. The number of hydrogen-bond donors (Lipinski definition) is 0. The molecule has 0 atom stereocenters. The fourth-order valence-corrected chi connectivity index (χ4v) is 2.60. The first-order valence-corrected chi connectivity index (χ1v) is 5.61. The summed E-state index contributed by atoms with van der Waals surface area (Å²) in [5.74, 6) is -0.172. The van der Waals surface area contributed by atoms with Gasteiger partial charge in [-0.15, -0.1) is 0 Å². The van der Waals surface area contributed by atoms with Crippen LogP contribution in [0.4, 0.5) is 0 Å². The Morgan fingerprint density at radius 1 is 1.20 bits per heavy atom. The van der Waals surface area contributed by atoms with Crippen molar-refractivity contribution >= 4 is 5.97 Å². The van der Waals surface area contributed by atoms with Crippen molar-refractivity contribution in [1.29, 1.82) is 0 Å². The molecule has 1 aliphatic carbocycles. The number of ether oxygens (including phenoxy) is 3. The summed E-state index contributed by atoms with van der Waals surface area (Å²) >= 11 is 0. The van der Waals surface area contributed by atoms with Gasteiger partial charge in [-0.1, -0.05) is 19.3 Å². The molecule has 86 valence electrons. The van der Waals surface area contributed by atoms with Gasteiger partial charge in [0.25, 0.3) is 0 Å². The smallest absolute Gasteiger partial charge is 0.316 e. The van der Waals surface area contributed by atoms with Gasteiger partial charge in [0.05, 0.1) is 20.3 Å². The van der Waals surface area contributed by atoms with Crippen molar-refractivity contribution in [3.8, 4) is 0 Å². The minimum atomic E-state index is -0.538. The zero-order valence-electron chi connectivity index (χ0n) is 9.16. The topological polar surface area (TPSA) is 44.8 Å². The third-order valence-electron chi connectivity index (χ3n) is 3.41. The fraction of sp³-hybridized carbons (Fsp3) is 0.909. The molecule has 4 nitrogen and oxygen atoms in total. The summed E-state index contributed by atoms with van der Waals surface area (Å²) in [5.41, 5.74) is -0.538. The molecule has 0 aromatic heterocycles. The van der Waals surface area contributed by atoms with E-state index in [1.807, 2.05) is 0 Å². The van der Waals surface area contributed by atoms with Crippen molar-refractivity contribution in [1.82, 2.24) is 0 Å². The molecule has 1 saturated heterocycles. The van der Waals surface area contributed by atoms with E-state index in [1.54, 1.807) is 0 Å². The van der Waals surface area contributed by atoms with Crippen LogP contribution in [-0.2, 0) is 19.0 Å². The van der Waals surface area contributed by atoms with Crippen molar-refractivity contribution in [2.75, 3.05) is 20.3 Å². The molecule has 1 saturated carbocycles. The number of hydrogen-bond acceptors (Lipinski definition) is 4. The Labute approximate surface area is 89.9 Å². The summed E-state index contributed by atoms with van der Waals surface area (Å²) in [6, 6.07) is 0. The summed E-state index contributed by atoms with van der Waals surface area (Å²) in [6.07, 6.45) is 4.56. The highest BCUT2D eigenvalue weighted by Gasteiger charge is 2.50. The molecule has 2 aliphatic rings. The van der Waals surface area contributed by atoms with Crippen LogP contribution in [0.25, 0.3) is 0 Å². The van der Waals surface area contributed by atoms with Crippen molar-refractivity contribution in [3.63, 3.8) is 0 Å². The number of rotatable bonds is 2. The van der Waals surface area contributed by atoms with Gasteiger partial charge in [0.2, 0.25) is 0 Å². The van der Waals surface area contributed by atoms with Gasteiger partial charge in [0, 0.05) is 0 Å². The van der Waals surface area contributed by atoms with Gasteiger partial charge in [-0.2, -0.15) is 0 Å². The highest BCUT2D eigenvalue weighted by molar-refractivity contribution is 5.77. The van der Waals surface area contributed by atoms with Crippen LogP contribution in [0, 0.1) is 5.41 Å². The maximum atomic E-state index is 11.9. The summed E-state index contributed by atoms with van der Waals surface area (Å²) in [7, 11) is 1.44. The molecule has 2 rings (SSSR count). The summed E-state index contributed by atoms with van der Waals surface area (Å²) < 4.78 is 15.9. The minimum absolute atomic E-state index is 0.172. The average molecular weight is 214 g/mol. The van der Waals surface area contributed by atoms with Gasteiger partial charge >= 0.3 is 5.97 Å². The molecule has 4 heteroatoms. The van der Waals surface area contributed by atoms with Crippen LogP contribution in [0.15, 0.2) is 0 Å². The maximum absolute atomic E-state index is 11.9. The van der Waals surface area contributed by atoms with Crippen LogP contribution in [0.5, 0.6) is 0 Å². The molecule has 0 aromatic rings. The third kappa shape index (κ3) is 1.88. The van der Waals surface area contributed by atoms with Gasteiger partial charge in [-0.05, 0) is 12.8 Å². The van der Waals surface area contributed by atoms with E-state index in [4.69, 9.17) is 14.2 Å². The molecule has 0 N–H and O–H groups in total. The van der Waals surface area contributed by atoms with E-state index in [9.17, 15) is 4.79 Å². The minimum Gasteiger partial charge on any atom is -0.468 e. The monoisotopic (exact) mass is 214 g/mol. The Morgan fingerprint density at radius 2 is 1.80 bits per heavy atom. The molecule has 15 heavy (non-hydrogen) atoms. The van der Waals surface area contributed by atoms with Crippen molar-refractivity contribution in [2.45, 2.75) is 38.4 Å². The van der Waals surface area contributed by atoms with Crippen molar-refractivity contribution < 1.29 is 19.0 Å². The van der Waals surface area contributed by atoms with Crippen LogP contribution in [0.3, 0.4) is 0 Å². The first-order valence-electron chi connectivity index (χ1n) is 5.61. The van der Waals surface area contributed by atoms with Gasteiger partial charge < -0.3 is 14.2 Å². The third-order valence-corrected chi connectivity index (χ3v) is 3.41. The zero-order chi connectivity index (χ0) is 10.7. The van der Waals surface area contributed by atoms with Crippen LogP contribution in [-0.4, -0.2) is 32.6 Å². The van der Waals surface area contributed by atoms with E-state index in [-0.39, 0.29) is 12.3 Å². The first kappa shape index (κ1) is 10.9. The largest absolute Gasteiger partial charge is 0.468 e. The van der Waals surface area contributed by atoms with E-state index in [0.717, 1.165) is 25.7 Å². The normalized spacial score (nSPS) is 26.5. The van der Waals surface area contributed by atoms with E-state index in [2.05, 4.69) is 0 Å². The molecule has 1 aliphatic heterocycles. The Kier molecular flexibility index (Phi) is 3.26. The quantitative estimate of drug-likeness (QED) is 0.653. The molecule has 0 spiro atoms. The second-order valence-corrected chi connectivity index (χ2v) is 4.28. The highest BCUT2D eigenvalue weighted by Crippen LogP contribution is 2.43. The van der Waals surface area contributed by atoms with E-state index in [0.29, 0.717) is 13.2 Å². The Balaban J connectivity index is 2.16. The molecule has 0 unspecified atom stereocenters. The van der Waals surface area contributed by atoms with Crippen LogP contribution in [0.2, 0.25) is 0 Å². The van der Waals surface area contributed by atoms with Gasteiger partial charge in [0.1, 0.15) is 5.41 Å². The highest BCUT2D eigenvalue weighted by atomic mass is 16.7. The van der Waals surface area contributed by atoms with Crippen molar-refractivity contribution in [2.24, 2.45) is 5.41 Å². The second-order valence-electron chi connectivity index (χ2n) is 4.28. The number of carbonyl (C=O) groups excluding carboxylic acids is 1. The van der Waals surface area contributed by atoms with Gasteiger partial charge in [0.15, 0.2) is 6.29 Å². The SMILES string of the molecule is COC(=O)C1(C2OCCO2)CCCCC1.